The van der Waals surface area contributed by atoms with Crippen LogP contribution in [0.2, 0.25) is 0 Å². The molecule has 0 saturated heterocycles. The summed E-state index contributed by atoms with van der Waals surface area (Å²) in [6.07, 6.45) is -8.74. The van der Waals surface area contributed by atoms with E-state index in [2.05, 4.69) is 4.74 Å². The Bertz CT molecular complexity index is 722. The fraction of sp³-hybridized carbons (Fsp3) is 0.500. The number of hydrogen-bond acceptors (Lipinski definition) is 7. The van der Waals surface area contributed by atoms with Gasteiger partial charge in [0.15, 0.2) is 18.9 Å². The van der Waals surface area contributed by atoms with E-state index in [-0.39, 0.29) is 11.3 Å². The summed E-state index contributed by atoms with van der Waals surface area (Å²) >= 11 is 0. The number of Topliss-reactive ketones (excluding diaryl/α,β-unsaturated/α-hetero) is 1. The topological polar surface area (TPSA) is 106 Å². The maximum atomic E-state index is 12.3. The van der Waals surface area contributed by atoms with Crippen LogP contribution in [0.5, 0.6) is 5.75 Å². The Hall–Kier alpha value is -2.21. The number of hydrogen-bond donors (Lipinski definition) is 2. The van der Waals surface area contributed by atoms with E-state index in [4.69, 9.17) is 14.6 Å². The second-order valence-electron chi connectivity index (χ2n) is 5.80. The molecule has 0 fully saturated rings. The summed E-state index contributed by atoms with van der Waals surface area (Å²) < 4.78 is 50.7. The van der Waals surface area contributed by atoms with E-state index < -0.39 is 48.7 Å². The zero-order valence-corrected chi connectivity index (χ0v) is 14.6. The number of ether oxygens (including phenoxy) is 3. The van der Waals surface area contributed by atoms with Gasteiger partial charge in [0, 0.05) is 0 Å². The first-order valence-electron chi connectivity index (χ1n) is 7.85. The fourth-order valence-electron chi connectivity index (χ4n) is 2.59. The molecule has 1 aliphatic heterocycles. The molecule has 1 heterocycles. The maximum absolute atomic E-state index is 12.3. The summed E-state index contributed by atoms with van der Waals surface area (Å²) in [5.74, 6) is -2.72. The van der Waals surface area contributed by atoms with Crippen LogP contribution in [0.3, 0.4) is 0 Å². The van der Waals surface area contributed by atoms with E-state index in [0.29, 0.717) is 0 Å². The van der Waals surface area contributed by atoms with Crippen LogP contribution in [-0.4, -0.2) is 53.2 Å². The lowest BCUT2D eigenvalue weighted by molar-refractivity contribution is -0.274. The van der Waals surface area contributed by atoms with Gasteiger partial charge in [-0.25, -0.2) is 0 Å². The van der Waals surface area contributed by atoms with Crippen LogP contribution in [-0.2, 0) is 14.3 Å². The van der Waals surface area contributed by atoms with Crippen molar-refractivity contribution < 1.29 is 47.2 Å². The molecule has 4 atom stereocenters. The summed E-state index contributed by atoms with van der Waals surface area (Å²) in [7, 11) is 0. The molecule has 11 heteroatoms. The highest BCUT2D eigenvalue weighted by molar-refractivity contribution is 6.52. The second-order valence-corrected chi connectivity index (χ2v) is 5.80. The number of fused-ring (bicyclic) bond motifs is 1. The van der Waals surface area contributed by atoms with Gasteiger partial charge in [-0.3, -0.25) is 14.5 Å². The minimum atomic E-state index is -4.95. The Morgan fingerprint density at radius 3 is 2.26 bits per heavy atom. The number of nitrogens with zero attached hydrogens (tertiary/aromatic N) is 1. The molecule has 0 spiro atoms. The van der Waals surface area contributed by atoms with Gasteiger partial charge in [-0.1, -0.05) is 0 Å². The van der Waals surface area contributed by atoms with E-state index in [0.717, 1.165) is 23.1 Å². The third-order valence-corrected chi connectivity index (χ3v) is 3.66. The Kier molecular flexibility index (Phi) is 6.10. The molecule has 0 saturated carbocycles. The molecule has 0 aliphatic carbocycles. The molecule has 0 bridgehead atoms. The number of anilines is 1. The van der Waals surface area contributed by atoms with Crippen LogP contribution in [0.1, 0.15) is 31.1 Å². The van der Waals surface area contributed by atoms with Gasteiger partial charge in [-0.2, -0.15) is 0 Å². The number of carbonyl (C=O) groups excluding carboxylic acids is 2. The molecule has 0 radical (unpaired) electrons. The summed E-state index contributed by atoms with van der Waals surface area (Å²) in [6.45, 7) is 4.10. The average molecular weight is 393 g/mol. The number of alkyl halides is 3. The summed E-state index contributed by atoms with van der Waals surface area (Å²) in [5, 5.41) is 19.3. The van der Waals surface area contributed by atoms with Gasteiger partial charge in [0.1, 0.15) is 5.75 Å². The van der Waals surface area contributed by atoms with Crippen molar-refractivity contribution in [2.45, 2.75) is 52.0 Å². The van der Waals surface area contributed by atoms with Crippen LogP contribution in [0.4, 0.5) is 18.9 Å². The molecular weight excluding hydrogens is 375 g/mol. The van der Waals surface area contributed by atoms with Crippen molar-refractivity contribution in [3.8, 4) is 5.75 Å². The molecule has 1 aromatic rings. The molecule has 8 nitrogen and oxygen atoms in total. The first-order chi connectivity index (χ1) is 12.4. The highest BCUT2D eigenvalue weighted by Crippen LogP contribution is 2.35. The van der Waals surface area contributed by atoms with Gasteiger partial charge in [0.25, 0.3) is 11.7 Å². The van der Waals surface area contributed by atoms with Crippen molar-refractivity contribution in [1.29, 1.82) is 0 Å². The number of rotatable bonds is 7. The largest absolute Gasteiger partial charge is 0.573 e. The van der Waals surface area contributed by atoms with Crippen LogP contribution in [0.15, 0.2) is 18.2 Å². The number of aliphatic hydroxyl groups is 2. The van der Waals surface area contributed by atoms with Crippen LogP contribution < -0.4 is 9.64 Å². The van der Waals surface area contributed by atoms with Crippen molar-refractivity contribution in [3.05, 3.63) is 23.8 Å². The van der Waals surface area contributed by atoms with Crippen LogP contribution in [0, 0.1) is 0 Å². The van der Waals surface area contributed by atoms with E-state index in [1.165, 1.54) is 20.8 Å². The van der Waals surface area contributed by atoms with Crippen molar-refractivity contribution >= 4 is 17.4 Å². The smallest absolute Gasteiger partial charge is 0.406 e. The minimum Gasteiger partial charge on any atom is -0.406 e. The van der Waals surface area contributed by atoms with Gasteiger partial charge < -0.3 is 24.4 Å². The van der Waals surface area contributed by atoms with Gasteiger partial charge in [0.05, 0.1) is 17.3 Å². The molecule has 1 aliphatic rings. The number of carbonyl (C=O) groups is 2. The summed E-state index contributed by atoms with van der Waals surface area (Å²) in [5.41, 5.74) is -0.271. The predicted molar refractivity (Wildman–Crippen MR) is 83.7 cm³/mol. The highest BCUT2D eigenvalue weighted by Gasteiger charge is 2.42. The normalized spacial score (nSPS) is 18.9. The molecule has 0 aromatic heterocycles. The van der Waals surface area contributed by atoms with Crippen molar-refractivity contribution in [3.63, 3.8) is 0 Å². The third-order valence-electron chi connectivity index (χ3n) is 3.66. The van der Waals surface area contributed by atoms with E-state index in [1.54, 1.807) is 0 Å². The Labute approximate surface area is 152 Å². The standard InChI is InChI=1S/C16H18F3NO7/c1-7(15(24)26-9(3)25-8(2)21)20-12-5-4-10(27-16(17,18)19)6-11(12)13(22)14(20)23/h4-9,15,21,24H,1-3H3. The lowest BCUT2D eigenvalue weighted by atomic mass is 10.1. The SMILES string of the molecule is CC(O)OC(C)OC(O)C(C)N1C(=O)C(=O)c2cc(OC(F)(F)F)ccc21. The van der Waals surface area contributed by atoms with Crippen LogP contribution >= 0.6 is 0 Å². The molecule has 1 aromatic carbocycles. The molecule has 2 N–H and O–H groups in total. The van der Waals surface area contributed by atoms with Crippen molar-refractivity contribution in [1.82, 2.24) is 0 Å². The van der Waals surface area contributed by atoms with Crippen molar-refractivity contribution in [2.75, 3.05) is 4.90 Å². The molecule has 27 heavy (non-hydrogen) atoms. The average Bonchev–Trinajstić information content (AvgIpc) is 2.75. The Morgan fingerprint density at radius 2 is 1.70 bits per heavy atom. The molecule has 150 valence electrons. The van der Waals surface area contributed by atoms with Gasteiger partial charge in [-0.05, 0) is 39.0 Å². The van der Waals surface area contributed by atoms with Crippen molar-refractivity contribution in [2.24, 2.45) is 0 Å². The van der Waals surface area contributed by atoms with Gasteiger partial charge in [-0.15, -0.1) is 13.2 Å². The second kappa shape index (κ2) is 7.80. The monoisotopic (exact) mass is 393 g/mol. The Balaban J connectivity index is 2.22. The Morgan fingerprint density at radius 1 is 1.07 bits per heavy atom. The molecule has 4 unspecified atom stereocenters. The van der Waals surface area contributed by atoms with E-state index in [9.17, 15) is 27.9 Å². The number of aliphatic hydroxyl groups excluding tert-OH is 2. The first kappa shape index (κ1) is 21.1. The van der Waals surface area contributed by atoms with E-state index >= 15 is 0 Å². The lowest BCUT2D eigenvalue weighted by Crippen LogP contribution is -2.47. The zero-order chi connectivity index (χ0) is 20.5. The van der Waals surface area contributed by atoms with Gasteiger partial charge >= 0.3 is 6.36 Å². The molecular formula is C16H18F3NO7. The zero-order valence-electron chi connectivity index (χ0n) is 14.6. The molecule has 1 amide bonds. The third kappa shape index (κ3) is 4.95. The lowest BCUT2D eigenvalue weighted by Gasteiger charge is -2.30. The van der Waals surface area contributed by atoms with Crippen LogP contribution in [0.25, 0.3) is 0 Å². The quantitative estimate of drug-likeness (QED) is 0.535. The number of halogens is 3. The summed E-state index contributed by atoms with van der Waals surface area (Å²) in [6, 6.07) is 1.79. The first-order valence-corrected chi connectivity index (χ1v) is 7.85. The maximum Gasteiger partial charge on any atom is 0.573 e. The van der Waals surface area contributed by atoms with Gasteiger partial charge in [0.2, 0.25) is 0 Å². The minimum absolute atomic E-state index is 0.0128. The highest BCUT2D eigenvalue weighted by atomic mass is 19.4. The number of amides is 1. The number of ketones is 1. The predicted octanol–water partition coefficient (Wildman–Crippen LogP) is 1.54. The molecule has 2 rings (SSSR count). The fourth-order valence-corrected chi connectivity index (χ4v) is 2.59. The number of benzene rings is 1. The van der Waals surface area contributed by atoms with E-state index in [1.807, 2.05) is 0 Å². The summed E-state index contributed by atoms with van der Waals surface area (Å²) in [4.78, 5) is 25.3.